The van der Waals surface area contributed by atoms with Crippen LogP contribution in [0.2, 0.25) is 0 Å². The number of aromatic amines is 1. The molecule has 146 valence electrons. The molecule has 1 saturated heterocycles. The number of amides is 1. The minimum Gasteiger partial charge on any atom is -0.381 e. The molecule has 0 aliphatic carbocycles. The summed E-state index contributed by atoms with van der Waals surface area (Å²) in [5.74, 6) is -0.209. The molecule has 7 heteroatoms. The molecule has 1 aliphatic heterocycles. The van der Waals surface area contributed by atoms with Crippen molar-refractivity contribution in [3.8, 4) is 0 Å². The van der Waals surface area contributed by atoms with Crippen molar-refractivity contribution in [3.63, 3.8) is 0 Å². The molecule has 3 heterocycles. The highest BCUT2D eigenvalue weighted by molar-refractivity contribution is 5.94. The summed E-state index contributed by atoms with van der Waals surface area (Å²) in [4.78, 5) is 23.6. The van der Waals surface area contributed by atoms with Gasteiger partial charge in [0.1, 0.15) is 12.1 Å². The molecule has 1 aliphatic rings. The monoisotopic (exact) mass is 382 g/mol. The molecule has 1 fully saturated rings. The van der Waals surface area contributed by atoms with Gasteiger partial charge >= 0.3 is 0 Å². The highest BCUT2D eigenvalue weighted by atomic mass is 19.1. The van der Waals surface area contributed by atoms with Crippen LogP contribution >= 0.6 is 0 Å². The van der Waals surface area contributed by atoms with Crippen LogP contribution in [-0.4, -0.2) is 34.1 Å². The Morgan fingerprint density at radius 1 is 1.32 bits per heavy atom. The molecule has 2 aromatic heterocycles. The maximum Gasteiger partial charge on any atom is 0.254 e. The molecule has 6 nitrogen and oxygen atoms in total. The summed E-state index contributed by atoms with van der Waals surface area (Å²) in [6, 6.07) is 3.42. The fourth-order valence-electron chi connectivity index (χ4n) is 3.85. The minimum atomic E-state index is -0.303. The van der Waals surface area contributed by atoms with Gasteiger partial charge in [-0.3, -0.25) is 4.79 Å². The van der Waals surface area contributed by atoms with Gasteiger partial charge in [-0.05, 0) is 49.9 Å². The number of fused-ring (bicyclic) bond motifs is 1. The van der Waals surface area contributed by atoms with Gasteiger partial charge in [0.2, 0.25) is 0 Å². The molecular weight excluding hydrogens is 359 g/mol. The number of ether oxygens (including phenoxy) is 1. The van der Waals surface area contributed by atoms with E-state index >= 15 is 0 Å². The zero-order valence-electron chi connectivity index (χ0n) is 16.0. The number of benzene rings is 1. The Morgan fingerprint density at radius 3 is 2.86 bits per heavy atom. The normalized spacial score (nSPS) is 15.1. The lowest BCUT2D eigenvalue weighted by Crippen LogP contribution is -2.24. The largest absolute Gasteiger partial charge is 0.381 e. The van der Waals surface area contributed by atoms with Crippen molar-refractivity contribution < 1.29 is 13.9 Å². The summed E-state index contributed by atoms with van der Waals surface area (Å²) < 4.78 is 20.2. The van der Waals surface area contributed by atoms with E-state index in [-0.39, 0.29) is 18.3 Å². The summed E-state index contributed by atoms with van der Waals surface area (Å²) in [6.07, 6.45) is 4.77. The molecule has 4 rings (SSSR count). The number of halogens is 1. The Labute approximate surface area is 162 Å². The number of H-pyrrole nitrogens is 1. The third kappa shape index (κ3) is 3.49. The number of carbonyl (C=O) groups excluding carboxylic acids is 1. The van der Waals surface area contributed by atoms with Crippen molar-refractivity contribution in [2.45, 2.75) is 39.2 Å². The predicted molar refractivity (Wildman–Crippen MR) is 104 cm³/mol. The zero-order chi connectivity index (χ0) is 19.7. The van der Waals surface area contributed by atoms with Crippen LogP contribution in [0.4, 0.5) is 4.39 Å². The fraction of sp³-hybridized carbons (Fsp3) is 0.381. The Bertz CT molecular complexity index is 1020. The third-order valence-corrected chi connectivity index (χ3v) is 5.46. The van der Waals surface area contributed by atoms with E-state index in [9.17, 15) is 9.18 Å². The first-order valence-corrected chi connectivity index (χ1v) is 9.47. The van der Waals surface area contributed by atoms with Crippen LogP contribution < -0.4 is 5.32 Å². The summed E-state index contributed by atoms with van der Waals surface area (Å²) in [5, 5.41) is 3.69. The molecule has 1 amide bonds. The topological polar surface area (TPSA) is 79.9 Å². The van der Waals surface area contributed by atoms with E-state index in [4.69, 9.17) is 4.74 Å². The van der Waals surface area contributed by atoms with Gasteiger partial charge in [0, 0.05) is 43.0 Å². The van der Waals surface area contributed by atoms with Crippen LogP contribution in [0.15, 0.2) is 24.7 Å². The number of nitrogens with zero attached hydrogens (tertiary/aromatic N) is 2. The van der Waals surface area contributed by atoms with Crippen LogP contribution in [-0.2, 0) is 11.3 Å². The van der Waals surface area contributed by atoms with Crippen molar-refractivity contribution in [3.05, 3.63) is 58.6 Å². The van der Waals surface area contributed by atoms with E-state index < -0.39 is 0 Å². The fourth-order valence-corrected chi connectivity index (χ4v) is 3.85. The molecule has 1 aromatic carbocycles. The van der Waals surface area contributed by atoms with Crippen molar-refractivity contribution in [2.24, 2.45) is 0 Å². The molecular formula is C21H23FN4O2. The molecule has 0 unspecified atom stereocenters. The lowest BCUT2D eigenvalue weighted by Gasteiger charge is -2.21. The molecule has 0 bridgehead atoms. The highest BCUT2D eigenvalue weighted by Gasteiger charge is 2.22. The molecule has 28 heavy (non-hydrogen) atoms. The average molecular weight is 382 g/mol. The maximum atomic E-state index is 14.7. The summed E-state index contributed by atoms with van der Waals surface area (Å²) in [7, 11) is 0. The van der Waals surface area contributed by atoms with Gasteiger partial charge in [-0.2, -0.15) is 0 Å². The van der Waals surface area contributed by atoms with Crippen LogP contribution in [0, 0.1) is 19.7 Å². The zero-order valence-corrected chi connectivity index (χ0v) is 16.0. The number of nitrogens with one attached hydrogen (secondary N) is 2. The van der Waals surface area contributed by atoms with Gasteiger partial charge in [-0.1, -0.05) is 0 Å². The van der Waals surface area contributed by atoms with Gasteiger partial charge in [-0.25, -0.2) is 14.4 Å². The standard InChI is InChI=1S/C21H23FN4O2/c1-12-16-7-14(9-24-21(27)17-10-23-11-25-13(17)2)8-18(22)20(16)26-19(12)15-3-5-28-6-4-15/h7-8,10-11,15,26H,3-6,9H2,1-2H3,(H,24,27). The number of hydrogen-bond acceptors (Lipinski definition) is 4. The second kappa shape index (κ2) is 7.67. The lowest BCUT2D eigenvalue weighted by molar-refractivity contribution is 0.0845. The van der Waals surface area contributed by atoms with Crippen molar-refractivity contribution in [2.75, 3.05) is 13.2 Å². The van der Waals surface area contributed by atoms with Crippen LogP contribution in [0.3, 0.4) is 0 Å². The molecule has 0 saturated carbocycles. The highest BCUT2D eigenvalue weighted by Crippen LogP contribution is 2.34. The Kier molecular flexibility index (Phi) is 5.09. The van der Waals surface area contributed by atoms with E-state index in [0.717, 1.165) is 42.7 Å². The van der Waals surface area contributed by atoms with Gasteiger partial charge in [0.05, 0.1) is 16.8 Å². The van der Waals surface area contributed by atoms with E-state index in [1.807, 2.05) is 13.0 Å². The van der Waals surface area contributed by atoms with Gasteiger partial charge in [0.25, 0.3) is 5.91 Å². The van der Waals surface area contributed by atoms with E-state index in [0.29, 0.717) is 28.3 Å². The number of carbonyl (C=O) groups is 1. The average Bonchev–Trinajstić information content (AvgIpc) is 3.04. The first-order chi connectivity index (χ1) is 13.5. The number of aromatic nitrogens is 3. The summed E-state index contributed by atoms with van der Waals surface area (Å²) in [6.45, 7) is 5.49. The van der Waals surface area contributed by atoms with Crippen LogP contribution in [0.1, 0.15) is 51.6 Å². The molecule has 3 aromatic rings. The van der Waals surface area contributed by atoms with E-state index in [1.165, 1.54) is 18.6 Å². The van der Waals surface area contributed by atoms with Crippen molar-refractivity contribution in [1.29, 1.82) is 0 Å². The Balaban J connectivity index is 1.57. The summed E-state index contributed by atoms with van der Waals surface area (Å²) >= 11 is 0. The number of hydrogen-bond donors (Lipinski definition) is 2. The van der Waals surface area contributed by atoms with Crippen molar-refractivity contribution in [1.82, 2.24) is 20.3 Å². The second-order valence-corrected chi connectivity index (χ2v) is 7.26. The quantitative estimate of drug-likeness (QED) is 0.723. The maximum absolute atomic E-state index is 14.7. The van der Waals surface area contributed by atoms with Crippen molar-refractivity contribution >= 4 is 16.8 Å². The van der Waals surface area contributed by atoms with Gasteiger partial charge in [-0.15, -0.1) is 0 Å². The SMILES string of the molecule is Cc1ncncc1C(=O)NCc1cc(F)c2[nH]c(C3CCOCC3)c(C)c2c1. The van der Waals surface area contributed by atoms with Crippen LogP contribution in [0.25, 0.3) is 10.9 Å². The van der Waals surface area contributed by atoms with E-state index in [1.54, 1.807) is 6.92 Å². The molecule has 0 radical (unpaired) electrons. The summed E-state index contributed by atoms with van der Waals surface area (Å²) in [5.41, 5.74) is 4.44. The molecule has 0 spiro atoms. The third-order valence-electron chi connectivity index (χ3n) is 5.46. The lowest BCUT2D eigenvalue weighted by atomic mass is 9.93. The van der Waals surface area contributed by atoms with Gasteiger partial charge < -0.3 is 15.0 Å². The number of aryl methyl sites for hydroxylation is 2. The number of rotatable bonds is 4. The Morgan fingerprint density at radius 2 is 2.11 bits per heavy atom. The van der Waals surface area contributed by atoms with Gasteiger partial charge in [0.15, 0.2) is 0 Å². The minimum absolute atomic E-state index is 0.233. The first-order valence-electron chi connectivity index (χ1n) is 9.47. The molecule has 2 N–H and O–H groups in total. The molecule has 0 atom stereocenters. The second-order valence-electron chi connectivity index (χ2n) is 7.26. The predicted octanol–water partition coefficient (Wildman–Crippen LogP) is 3.54. The Hall–Kier alpha value is -2.80. The smallest absolute Gasteiger partial charge is 0.254 e. The van der Waals surface area contributed by atoms with Crippen LogP contribution in [0.5, 0.6) is 0 Å². The van der Waals surface area contributed by atoms with E-state index in [2.05, 4.69) is 20.3 Å². The first kappa shape index (κ1) is 18.6.